The van der Waals surface area contributed by atoms with Crippen molar-refractivity contribution in [3.63, 3.8) is 0 Å². The van der Waals surface area contributed by atoms with Gasteiger partial charge in [0.25, 0.3) is 6.43 Å². The van der Waals surface area contributed by atoms with Crippen LogP contribution in [-0.2, 0) is 9.59 Å². The number of anilines is 1. The molecule has 0 radical (unpaired) electrons. The molecule has 1 unspecified atom stereocenters. The second kappa shape index (κ2) is 13.3. The third kappa shape index (κ3) is 7.65. The minimum atomic E-state index is -2.91. The molecule has 216 valence electrons. The molecule has 1 aliphatic carbocycles. The van der Waals surface area contributed by atoms with Gasteiger partial charge in [0.2, 0.25) is 11.8 Å². The smallest absolute Gasteiger partial charge is 0.405 e. The van der Waals surface area contributed by atoms with Gasteiger partial charge >= 0.3 is 6.09 Å². The van der Waals surface area contributed by atoms with Gasteiger partial charge in [0.05, 0.1) is 17.6 Å². The molecule has 3 aromatic rings. The summed E-state index contributed by atoms with van der Waals surface area (Å²) in [4.78, 5) is 41.9. The predicted molar refractivity (Wildman–Crippen MR) is 152 cm³/mol. The van der Waals surface area contributed by atoms with Gasteiger partial charge in [-0.15, -0.1) is 0 Å². The molecule has 8 nitrogen and oxygen atoms in total. The summed E-state index contributed by atoms with van der Waals surface area (Å²) in [5, 5.41) is 13.7. The highest BCUT2D eigenvalue weighted by atomic mass is 19.3. The quantitative estimate of drug-likeness (QED) is 0.280. The van der Waals surface area contributed by atoms with Crippen molar-refractivity contribution in [3.8, 4) is 22.4 Å². The SMILES string of the molecule is CC(=O)N(C)[C@H]1CC[C@H](CC(=O)Nc2cnc(-c3ccc(C(NC(=O)O)C(F)F)cc3)c(-c3ccccc3)c2)CC1. The maximum Gasteiger partial charge on any atom is 0.405 e. The van der Waals surface area contributed by atoms with Gasteiger partial charge < -0.3 is 20.6 Å². The number of rotatable bonds is 9. The lowest BCUT2D eigenvalue weighted by Crippen LogP contribution is -2.38. The number of hydrogen-bond acceptors (Lipinski definition) is 4. The molecule has 0 bridgehead atoms. The number of benzene rings is 2. The fourth-order valence-corrected chi connectivity index (χ4v) is 5.34. The molecule has 1 fully saturated rings. The summed E-state index contributed by atoms with van der Waals surface area (Å²) in [6.45, 7) is 1.57. The summed E-state index contributed by atoms with van der Waals surface area (Å²) in [6, 6.07) is 16.1. The molecule has 1 heterocycles. The number of hydrogen-bond donors (Lipinski definition) is 3. The molecule has 0 spiro atoms. The summed E-state index contributed by atoms with van der Waals surface area (Å²) in [5.74, 6) is 0.203. The number of carbonyl (C=O) groups excluding carboxylic acids is 2. The fourth-order valence-electron chi connectivity index (χ4n) is 5.34. The van der Waals surface area contributed by atoms with E-state index in [4.69, 9.17) is 5.11 Å². The number of carboxylic acid groups (broad SMARTS) is 1. The fraction of sp³-hybridized carbons (Fsp3) is 0.355. The number of halogens is 2. The van der Waals surface area contributed by atoms with Gasteiger partial charge in [-0.1, -0.05) is 54.6 Å². The Morgan fingerprint density at radius 2 is 1.66 bits per heavy atom. The first-order chi connectivity index (χ1) is 19.6. The van der Waals surface area contributed by atoms with Crippen LogP contribution in [0.25, 0.3) is 22.4 Å². The van der Waals surface area contributed by atoms with Gasteiger partial charge in [0.15, 0.2) is 0 Å². The van der Waals surface area contributed by atoms with E-state index in [9.17, 15) is 23.2 Å². The van der Waals surface area contributed by atoms with Crippen molar-refractivity contribution in [2.24, 2.45) is 5.92 Å². The molecule has 2 aromatic carbocycles. The normalized spacial score (nSPS) is 17.5. The van der Waals surface area contributed by atoms with Crippen LogP contribution in [0.15, 0.2) is 66.9 Å². The van der Waals surface area contributed by atoms with Crippen LogP contribution in [0, 0.1) is 5.92 Å². The second-order valence-electron chi connectivity index (χ2n) is 10.4. The topological polar surface area (TPSA) is 112 Å². The van der Waals surface area contributed by atoms with E-state index in [-0.39, 0.29) is 29.3 Å². The highest BCUT2D eigenvalue weighted by molar-refractivity contribution is 5.93. The Hall–Kier alpha value is -4.34. The van der Waals surface area contributed by atoms with Crippen molar-refractivity contribution in [1.82, 2.24) is 15.2 Å². The van der Waals surface area contributed by atoms with Crippen molar-refractivity contribution in [3.05, 3.63) is 72.4 Å². The van der Waals surface area contributed by atoms with Gasteiger partial charge in [-0.25, -0.2) is 13.6 Å². The molecular formula is C31H34F2N4O4. The zero-order valence-corrected chi connectivity index (χ0v) is 23.0. The van der Waals surface area contributed by atoms with Crippen molar-refractivity contribution in [2.45, 2.75) is 57.5 Å². The molecule has 1 aliphatic rings. The van der Waals surface area contributed by atoms with Crippen LogP contribution in [0.1, 0.15) is 50.6 Å². The Bertz CT molecular complexity index is 1360. The number of alkyl halides is 2. The van der Waals surface area contributed by atoms with E-state index in [0.29, 0.717) is 23.4 Å². The molecule has 0 saturated heterocycles. The maximum absolute atomic E-state index is 13.4. The van der Waals surface area contributed by atoms with E-state index in [0.717, 1.165) is 36.8 Å². The molecular weight excluding hydrogens is 530 g/mol. The molecule has 1 aromatic heterocycles. The lowest BCUT2D eigenvalue weighted by atomic mass is 9.83. The van der Waals surface area contributed by atoms with Crippen LogP contribution in [0.3, 0.4) is 0 Å². The highest BCUT2D eigenvalue weighted by Crippen LogP contribution is 2.34. The van der Waals surface area contributed by atoms with E-state index >= 15 is 0 Å². The number of nitrogens with one attached hydrogen (secondary N) is 2. The van der Waals surface area contributed by atoms with Crippen LogP contribution >= 0.6 is 0 Å². The van der Waals surface area contributed by atoms with E-state index in [2.05, 4.69) is 10.3 Å². The Morgan fingerprint density at radius 1 is 1.00 bits per heavy atom. The van der Waals surface area contributed by atoms with E-state index in [1.807, 2.05) is 48.8 Å². The van der Waals surface area contributed by atoms with Gasteiger partial charge in [-0.3, -0.25) is 14.6 Å². The summed E-state index contributed by atoms with van der Waals surface area (Å²) in [6.07, 6.45) is 1.04. The molecule has 3 amide bonds. The Labute approximate surface area is 237 Å². The number of amides is 3. The summed E-state index contributed by atoms with van der Waals surface area (Å²) in [7, 11) is 1.83. The average molecular weight is 565 g/mol. The first kappa shape index (κ1) is 29.6. The van der Waals surface area contributed by atoms with Crippen LogP contribution in [0.4, 0.5) is 19.3 Å². The summed E-state index contributed by atoms with van der Waals surface area (Å²) < 4.78 is 26.9. The lowest BCUT2D eigenvalue weighted by molar-refractivity contribution is -0.130. The summed E-state index contributed by atoms with van der Waals surface area (Å²) >= 11 is 0. The predicted octanol–water partition coefficient (Wildman–Crippen LogP) is 6.36. The number of pyridine rings is 1. The van der Waals surface area contributed by atoms with Crippen molar-refractivity contribution >= 4 is 23.6 Å². The van der Waals surface area contributed by atoms with E-state index in [1.165, 1.54) is 12.1 Å². The Balaban J connectivity index is 1.51. The van der Waals surface area contributed by atoms with Crippen LogP contribution < -0.4 is 10.6 Å². The van der Waals surface area contributed by atoms with Crippen molar-refractivity contribution in [2.75, 3.05) is 12.4 Å². The molecule has 41 heavy (non-hydrogen) atoms. The standard InChI is InChI=1S/C31H34F2N4O4/c1-19(38)37(2)25-14-8-20(9-15-25)16-27(39)35-24-17-26(21-6-4-3-5-7-21)28(34-18-24)22-10-12-23(13-11-22)29(30(32)33)36-31(40)41/h3-7,10-13,17-18,20,25,29-30,36H,8-9,14-16H2,1-2H3,(H,35,39)(H,40,41)/t20-,25-,29?. The first-order valence-corrected chi connectivity index (χ1v) is 13.6. The number of carbonyl (C=O) groups is 3. The minimum Gasteiger partial charge on any atom is -0.465 e. The van der Waals surface area contributed by atoms with E-state index < -0.39 is 18.6 Å². The summed E-state index contributed by atoms with van der Waals surface area (Å²) in [5.41, 5.74) is 3.54. The minimum absolute atomic E-state index is 0.0554. The maximum atomic E-state index is 13.4. The van der Waals surface area contributed by atoms with Gasteiger partial charge in [-0.05, 0) is 48.8 Å². The lowest BCUT2D eigenvalue weighted by Gasteiger charge is -2.34. The molecule has 0 aliphatic heterocycles. The van der Waals surface area contributed by atoms with Gasteiger partial charge in [0, 0.05) is 37.6 Å². The molecule has 10 heteroatoms. The van der Waals surface area contributed by atoms with Gasteiger partial charge in [0.1, 0.15) is 6.04 Å². The third-order valence-electron chi connectivity index (χ3n) is 7.67. The van der Waals surface area contributed by atoms with Crippen LogP contribution in [0.5, 0.6) is 0 Å². The first-order valence-electron chi connectivity index (χ1n) is 13.6. The monoisotopic (exact) mass is 564 g/mol. The van der Waals surface area contributed by atoms with E-state index in [1.54, 1.807) is 30.2 Å². The average Bonchev–Trinajstić information content (AvgIpc) is 2.96. The largest absolute Gasteiger partial charge is 0.465 e. The van der Waals surface area contributed by atoms with Crippen LogP contribution in [0.2, 0.25) is 0 Å². The number of aromatic nitrogens is 1. The highest BCUT2D eigenvalue weighted by Gasteiger charge is 2.27. The molecule has 4 rings (SSSR count). The van der Waals surface area contributed by atoms with Crippen LogP contribution in [-0.4, -0.2) is 52.4 Å². The molecule has 1 atom stereocenters. The molecule has 1 saturated carbocycles. The van der Waals surface area contributed by atoms with Crippen molar-refractivity contribution < 1.29 is 28.3 Å². The Kier molecular flexibility index (Phi) is 9.65. The third-order valence-corrected chi connectivity index (χ3v) is 7.67. The molecule has 3 N–H and O–H groups in total. The Morgan fingerprint density at radius 3 is 2.24 bits per heavy atom. The second-order valence-corrected chi connectivity index (χ2v) is 10.4. The zero-order valence-electron chi connectivity index (χ0n) is 23.0. The zero-order chi connectivity index (χ0) is 29.5. The van der Waals surface area contributed by atoms with Crippen molar-refractivity contribution in [1.29, 1.82) is 0 Å². The van der Waals surface area contributed by atoms with Gasteiger partial charge in [-0.2, -0.15) is 0 Å². The number of nitrogens with zero attached hydrogens (tertiary/aromatic N) is 2.